The number of nitrogens with zero attached hydrogens (tertiary/aromatic N) is 2. The van der Waals surface area contributed by atoms with Gasteiger partial charge in [-0.05, 0) is 23.8 Å². The van der Waals surface area contributed by atoms with E-state index < -0.39 is 6.10 Å². The highest BCUT2D eigenvalue weighted by molar-refractivity contribution is 5.32. The van der Waals surface area contributed by atoms with Crippen LogP contribution in [0.5, 0.6) is 5.75 Å². The normalized spacial score (nSPS) is 13.8. The molecule has 2 aromatic rings. The van der Waals surface area contributed by atoms with Crippen LogP contribution >= 0.6 is 0 Å². The summed E-state index contributed by atoms with van der Waals surface area (Å²) in [6, 6.07) is 9.20. The highest BCUT2D eigenvalue weighted by Crippen LogP contribution is 2.29. The van der Waals surface area contributed by atoms with E-state index in [4.69, 9.17) is 10.5 Å². The van der Waals surface area contributed by atoms with Crippen molar-refractivity contribution in [2.24, 2.45) is 5.73 Å². The molecule has 2 rings (SSSR count). The van der Waals surface area contributed by atoms with Crippen molar-refractivity contribution in [1.29, 1.82) is 0 Å². The lowest BCUT2D eigenvalue weighted by atomic mass is 9.92. The SMILES string of the molecule is COc1cccc(C(CN)C(O)c2ncccn2)c1. The molecule has 1 heterocycles. The lowest BCUT2D eigenvalue weighted by molar-refractivity contribution is 0.138. The van der Waals surface area contributed by atoms with Crippen LogP contribution in [0.4, 0.5) is 0 Å². The molecule has 1 aromatic carbocycles. The molecule has 0 radical (unpaired) electrons. The Balaban J connectivity index is 2.28. The molecule has 3 N–H and O–H groups in total. The predicted molar refractivity (Wildman–Crippen MR) is 71.8 cm³/mol. The standard InChI is InChI=1S/C14H17N3O2/c1-19-11-5-2-4-10(8-11)12(9-15)13(18)14-16-6-3-7-17-14/h2-8,12-13,18H,9,15H2,1H3. The van der Waals surface area contributed by atoms with Crippen LogP contribution in [0.25, 0.3) is 0 Å². The zero-order valence-corrected chi connectivity index (χ0v) is 10.7. The Morgan fingerprint density at radius 2 is 2.00 bits per heavy atom. The molecule has 19 heavy (non-hydrogen) atoms. The van der Waals surface area contributed by atoms with E-state index in [1.165, 1.54) is 0 Å². The molecule has 0 aliphatic carbocycles. The number of benzene rings is 1. The van der Waals surface area contributed by atoms with E-state index in [1.54, 1.807) is 25.6 Å². The summed E-state index contributed by atoms with van der Waals surface area (Å²) in [5.74, 6) is 0.843. The Morgan fingerprint density at radius 3 is 2.63 bits per heavy atom. The van der Waals surface area contributed by atoms with Gasteiger partial charge in [0, 0.05) is 24.9 Å². The van der Waals surface area contributed by atoms with Crippen molar-refractivity contribution in [2.45, 2.75) is 12.0 Å². The van der Waals surface area contributed by atoms with Crippen LogP contribution in [-0.4, -0.2) is 28.7 Å². The molecule has 1 aromatic heterocycles. The van der Waals surface area contributed by atoms with Crippen molar-refractivity contribution < 1.29 is 9.84 Å². The van der Waals surface area contributed by atoms with Gasteiger partial charge in [-0.25, -0.2) is 9.97 Å². The third-order valence-corrected chi connectivity index (χ3v) is 3.01. The quantitative estimate of drug-likeness (QED) is 0.845. The second kappa shape index (κ2) is 6.26. The third kappa shape index (κ3) is 3.07. The molecule has 5 nitrogen and oxygen atoms in total. The number of hydrogen-bond acceptors (Lipinski definition) is 5. The van der Waals surface area contributed by atoms with Crippen LogP contribution in [-0.2, 0) is 0 Å². The maximum atomic E-state index is 10.4. The van der Waals surface area contributed by atoms with Crippen molar-refractivity contribution in [1.82, 2.24) is 9.97 Å². The van der Waals surface area contributed by atoms with Gasteiger partial charge < -0.3 is 15.6 Å². The highest BCUT2D eigenvalue weighted by Gasteiger charge is 2.23. The van der Waals surface area contributed by atoms with E-state index in [9.17, 15) is 5.11 Å². The van der Waals surface area contributed by atoms with Gasteiger partial charge in [-0.15, -0.1) is 0 Å². The van der Waals surface area contributed by atoms with Gasteiger partial charge in [-0.3, -0.25) is 0 Å². The number of nitrogens with two attached hydrogens (primary N) is 1. The maximum absolute atomic E-state index is 10.4. The van der Waals surface area contributed by atoms with Gasteiger partial charge in [0.05, 0.1) is 7.11 Å². The fraction of sp³-hybridized carbons (Fsp3) is 0.286. The van der Waals surface area contributed by atoms with E-state index in [0.29, 0.717) is 12.4 Å². The summed E-state index contributed by atoms with van der Waals surface area (Å²) < 4.78 is 5.18. The maximum Gasteiger partial charge on any atom is 0.157 e. The predicted octanol–water partition coefficient (Wildman–Crippen LogP) is 1.26. The van der Waals surface area contributed by atoms with Crippen LogP contribution in [0.1, 0.15) is 23.4 Å². The van der Waals surface area contributed by atoms with E-state index in [-0.39, 0.29) is 5.92 Å². The van der Waals surface area contributed by atoms with Gasteiger partial charge in [0.25, 0.3) is 0 Å². The van der Waals surface area contributed by atoms with Crippen LogP contribution in [0.2, 0.25) is 0 Å². The molecule has 5 heteroatoms. The van der Waals surface area contributed by atoms with Crippen molar-refractivity contribution in [3.05, 3.63) is 54.1 Å². The summed E-state index contributed by atoms with van der Waals surface area (Å²) in [5.41, 5.74) is 6.68. The number of aromatic nitrogens is 2. The number of rotatable bonds is 5. The first-order valence-corrected chi connectivity index (χ1v) is 6.05. The molecular weight excluding hydrogens is 242 g/mol. The Hall–Kier alpha value is -1.98. The average Bonchev–Trinajstić information content (AvgIpc) is 2.49. The van der Waals surface area contributed by atoms with Crippen LogP contribution in [0, 0.1) is 0 Å². The van der Waals surface area contributed by atoms with E-state index in [0.717, 1.165) is 11.3 Å². The molecule has 100 valence electrons. The lowest BCUT2D eigenvalue weighted by Gasteiger charge is -2.21. The molecule has 0 bridgehead atoms. The van der Waals surface area contributed by atoms with Crippen LogP contribution < -0.4 is 10.5 Å². The van der Waals surface area contributed by atoms with Gasteiger partial charge in [0.2, 0.25) is 0 Å². The van der Waals surface area contributed by atoms with Gasteiger partial charge in [0.1, 0.15) is 11.9 Å². The van der Waals surface area contributed by atoms with Crippen LogP contribution in [0.3, 0.4) is 0 Å². The molecule has 2 unspecified atom stereocenters. The smallest absolute Gasteiger partial charge is 0.157 e. The minimum Gasteiger partial charge on any atom is -0.497 e. The minimum absolute atomic E-state index is 0.266. The number of methoxy groups -OCH3 is 1. The first-order chi connectivity index (χ1) is 9.26. The largest absolute Gasteiger partial charge is 0.497 e. The summed E-state index contributed by atoms with van der Waals surface area (Å²) in [7, 11) is 1.60. The fourth-order valence-electron chi connectivity index (χ4n) is 1.96. The monoisotopic (exact) mass is 259 g/mol. The summed E-state index contributed by atoms with van der Waals surface area (Å²) >= 11 is 0. The van der Waals surface area contributed by atoms with Crippen molar-refractivity contribution >= 4 is 0 Å². The van der Waals surface area contributed by atoms with Gasteiger partial charge in [-0.2, -0.15) is 0 Å². The van der Waals surface area contributed by atoms with Gasteiger partial charge >= 0.3 is 0 Å². The molecule has 0 aliphatic rings. The number of hydrogen-bond donors (Lipinski definition) is 2. The molecule has 0 fully saturated rings. The van der Waals surface area contributed by atoms with E-state index in [1.807, 2.05) is 24.3 Å². The average molecular weight is 259 g/mol. The molecule has 2 atom stereocenters. The Labute approximate surface area is 112 Å². The molecule has 0 amide bonds. The summed E-state index contributed by atoms with van der Waals surface area (Å²) in [6.07, 6.45) is 2.37. The Kier molecular flexibility index (Phi) is 4.43. The molecular formula is C14H17N3O2. The second-order valence-electron chi connectivity index (χ2n) is 4.17. The first-order valence-electron chi connectivity index (χ1n) is 6.05. The van der Waals surface area contributed by atoms with Crippen molar-refractivity contribution in [3.8, 4) is 5.75 Å². The minimum atomic E-state index is -0.835. The zero-order valence-electron chi connectivity index (χ0n) is 10.7. The fourth-order valence-corrected chi connectivity index (χ4v) is 1.96. The van der Waals surface area contributed by atoms with Gasteiger partial charge in [0.15, 0.2) is 5.82 Å². The number of aliphatic hydroxyl groups is 1. The first kappa shape index (κ1) is 13.5. The Morgan fingerprint density at radius 1 is 1.26 bits per heavy atom. The van der Waals surface area contributed by atoms with Crippen LogP contribution in [0.15, 0.2) is 42.7 Å². The summed E-state index contributed by atoms with van der Waals surface area (Å²) in [6.45, 7) is 0.298. The van der Waals surface area contributed by atoms with E-state index >= 15 is 0 Å². The third-order valence-electron chi connectivity index (χ3n) is 3.01. The summed E-state index contributed by atoms with van der Waals surface area (Å²) in [5, 5.41) is 10.4. The summed E-state index contributed by atoms with van der Waals surface area (Å²) in [4.78, 5) is 8.14. The number of ether oxygens (including phenoxy) is 1. The molecule has 0 spiro atoms. The molecule has 0 saturated carbocycles. The second-order valence-corrected chi connectivity index (χ2v) is 4.17. The van der Waals surface area contributed by atoms with E-state index in [2.05, 4.69) is 9.97 Å². The highest BCUT2D eigenvalue weighted by atomic mass is 16.5. The topological polar surface area (TPSA) is 81.3 Å². The van der Waals surface area contributed by atoms with Gasteiger partial charge in [-0.1, -0.05) is 12.1 Å². The van der Waals surface area contributed by atoms with Crippen molar-refractivity contribution in [3.63, 3.8) is 0 Å². The number of aliphatic hydroxyl groups excluding tert-OH is 1. The zero-order chi connectivity index (χ0) is 13.7. The Bertz CT molecular complexity index is 519. The molecule has 0 saturated heterocycles. The lowest BCUT2D eigenvalue weighted by Crippen LogP contribution is -2.21. The molecule has 0 aliphatic heterocycles. The van der Waals surface area contributed by atoms with Crippen molar-refractivity contribution in [2.75, 3.05) is 13.7 Å².